The molecule has 0 bridgehead atoms. The van der Waals surface area contributed by atoms with Crippen molar-refractivity contribution in [3.63, 3.8) is 0 Å². The van der Waals surface area contributed by atoms with Crippen molar-refractivity contribution < 1.29 is 18.0 Å². The quantitative estimate of drug-likeness (QED) is 0.412. The summed E-state index contributed by atoms with van der Waals surface area (Å²) in [6, 6.07) is 22.6. The van der Waals surface area contributed by atoms with E-state index in [4.69, 9.17) is 0 Å². The lowest BCUT2D eigenvalue weighted by molar-refractivity contribution is -0.137. The minimum Gasteiger partial charge on any atom is -0.288 e. The van der Waals surface area contributed by atoms with Gasteiger partial charge < -0.3 is 0 Å². The van der Waals surface area contributed by atoms with E-state index in [2.05, 4.69) is 5.10 Å². The van der Waals surface area contributed by atoms with Gasteiger partial charge in [-0.2, -0.15) is 18.3 Å². The predicted octanol–water partition coefficient (Wildman–Crippen LogP) is 5.79. The molecule has 0 radical (unpaired) electrons. The van der Waals surface area contributed by atoms with E-state index in [9.17, 15) is 18.0 Å². The summed E-state index contributed by atoms with van der Waals surface area (Å²) in [4.78, 5) is 13.1. The molecule has 0 fully saturated rings. The Bertz CT molecular complexity index is 1130. The molecule has 0 saturated heterocycles. The molecule has 0 amide bonds. The summed E-state index contributed by atoms with van der Waals surface area (Å²) in [5, 5.41) is 4.50. The molecule has 1 heterocycles. The third-order valence-corrected chi connectivity index (χ3v) is 4.50. The molecule has 1 aromatic heterocycles. The molecule has 0 unspecified atom stereocenters. The van der Waals surface area contributed by atoms with Crippen LogP contribution in [0.25, 0.3) is 16.9 Å². The number of alkyl halides is 3. The summed E-state index contributed by atoms with van der Waals surface area (Å²) in [7, 11) is 0. The number of halogens is 3. The van der Waals surface area contributed by atoms with E-state index in [0.29, 0.717) is 22.4 Å². The third kappa shape index (κ3) is 3.82. The Hall–Kier alpha value is -3.67. The Morgan fingerprint density at radius 1 is 0.793 bits per heavy atom. The van der Waals surface area contributed by atoms with E-state index in [0.717, 1.165) is 17.8 Å². The van der Waals surface area contributed by atoms with Gasteiger partial charge in [0.15, 0.2) is 5.78 Å². The molecule has 0 aliphatic heterocycles. The number of carbonyl (C=O) groups is 1. The second-order valence-corrected chi connectivity index (χ2v) is 6.44. The molecule has 0 spiro atoms. The average Bonchev–Trinajstić information content (AvgIpc) is 3.19. The van der Waals surface area contributed by atoms with Gasteiger partial charge in [-0.15, -0.1) is 0 Å². The normalized spacial score (nSPS) is 11.4. The minimum atomic E-state index is -4.43. The average molecular weight is 392 g/mol. The van der Waals surface area contributed by atoms with E-state index < -0.39 is 11.7 Å². The molecule has 6 heteroatoms. The second-order valence-electron chi connectivity index (χ2n) is 6.44. The van der Waals surface area contributed by atoms with E-state index in [1.165, 1.54) is 12.1 Å². The number of ketones is 1. The van der Waals surface area contributed by atoms with Crippen molar-refractivity contribution in [2.45, 2.75) is 6.18 Å². The summed E-state index contributed by atoms with van der Waals surface area (Å²) in [5.41, 5.74) is 1.56. The number of carbonyl (C=O) groups excluding carboxylic acids is 1. The molecule has 4 rings (SSSR count). The molecule has 0 saturated carbocycles. The van der Waals surface area contributed by atoms with Crippen molar-refractivity contribution in [3.05, 3.63) is 108 Å². The van der Waals surface area contributed by atoms with Gasteiger partial charge in [-0.25, -0.2) is 4.68 Å². The van der Waals surface area contributed by atoms with Gasteiger partial charge in [0, 0.05) is 17.3 Å². The first-order chi connectivity index (χ1) is 13.9. The van der Waals surface area contributed by atoms with Crippen LogP contribution in [0.3, 0.4) is 0 Å². The fraction of sp³-hybridized carbons (Fsp3) is 0.0435. The SMILES string of the molecule is O=C(c1ccccc1)c1cn(-c2ccccc2)nc1-c1ccc(C(F)(F)F)cc1. The molecule has 0 aliphatic carbocycles. The van der Waals surface area contributed by atoms with Crippen LogP contribution in [-0.4, -0.2) is 15.6 Å². The number of hydrogen-bond donors (Lipinski definition) is 0. The van der Waals surface area contributed by atoms with Crippen LogP contribution in [0.4, 0.5) is 13.2 Å². The zero-order valence-electron chi connectivity index (χ0n) is 15.1. The summed E-state index contributed by atoms with van der Waals surface area (Å²) < 4.78 is 40.3. The van der Waals surface area contributed by atoms with E-state index in [1.54, 1.807) is 41.2 Å². The molecule has 3 nitrogen and oxygen atoms in total. The summed E-state index contributed by atoms with van der Waals surface area (Å²) >= 11 is 0. The lowest BCUT2D eigenvalue weighted by Crippen LogP contribution is -2.04. The molecule has 0 N–H and O–H groups in total. The zero-order valence-corrected chi connectivity index (χ0v) is 15.1. The van der Waals surface area contributed by atoms with Gasteiger partial charge in [0.25, 0.3) is 0 Å². The van der Waals surface area contributed by atoms with E-state index in [1.807, 2.05) is 30.3 Å². The largest absolute Gasteiger partial charge is 0.416 e. The third-order valence-electron chi connectivity index (χ3n) is 4.50. The number of nitrogens with zero attached hydrogens (tertiary/aromatic N) is 2. The van der Waals surface area contributed by atoms with Crippen molar-refractivity contribution in [2.24, 2.45) is 0 Å². The Morgan fingerprint density at radius 2 is 1.38 bits per heavy atom. The van der Waals surface area contributed by atoms with Gasteiger partial charge in [0.2, 0.25) is 0 Å². The van der Waals surface area contributed by atoms with Gasteiger partial charge in [0.05, 0.1) is 16.8 Å². The van der Waals surface area contributed by atoms with Crippen LogP contribution in [0.15, 0.2) is 91.1 Å². The van der Waals surface area contributed by atoms with Crippen LogP contribution >= 0.6 is 0 Å². The lowest BCUT2D eigenvalue weighted by atomic mass is 9.99. The second kappa shape index (κ2) is 7.39. The summed E-state index contributed by atoms with van der Waals surface area (Å²) in [5.74, 6) is -0.248. The molecule has 0 atom stereocenters. The van der Waals surface area contributed by atoms with Crippen LogP contribution in [0, 0.1) is 0 Å². The number of benzene rings is 3. The van der Waals surface area contributed by atoms with Crippen LogP contribution in [0.5, 0.6) is 0 Å². The Balaban J connectivity index is 1.83. The highest BCUT2D eigenvalue weighted by molar-refractivity contribution is 6.12. The first-order valence-corrected chi connectivity index (χ1v) is 8.86. The fourth-order valence-corrected chi connectivity index (χ4v) is 3.03. The maximum atomic E-state index is 13.1. The van der Waals surface area contributed by atoms with Gasteiger partial charge >= 0.3 is 6.18 Å². The minimum absolute atomic E-state index is 0.248. The smallest absolute Gasteiger partial charge is 0.288 e. The fourth-order valence-electron chi connectivity index (χ4n) is 3.03. The van der Waals surface area contributed by atoms with Crippen LogP contribution in [0.2, 0.25) is 0 Å². The molecule has 4 aromatic rings. The number of rotatable bonds is 4. The lowest BCUT2D eigenvalue weighted by Gasteiger charge is -2.07. The molecular formula is C23H15F3N2O. The van der Waals surface area contributed by atoms with E-state index in [-0.39, 0.29) is 5.78 Å². The molecule has 3 aromatic carbocycles. The monoisotopic (exact) mass is 392 g/mol. The molecule has 0 aliphatic rings. The van der Waals surface area contributed by atoms with Crippen LogP contribution in [-0.2, 0) is 6.18 Å². The first-order valence-electron chi connectivity index (χ1n) is 8.86. The van der Waals surface area contributed by atoms with Gasteiger partial charge in [-0.1, -0.05) is 60.7 Å². The van der Waals surface area contributed by atoms with Crippen molar-refractivity contribution in [1.29, 1.82) is 0 Å². The molecule has 144 valence electrons. The Labute approximate surface area is 165 Å². The summed E-state index contributed by atoms with van der Waals surface area (Å²) in [6.45, 7) is 0. The molecule has 29 heavy (non-hydrogen) atoms. The van der Waals surface area contributed by atoms with Gasteiger partial charge in [-0.3, -0.25) is 4.79 Å². The molecular weight excluding hydrogens is 377 g/mol. The number of para-hydroxylation sites is 1. The maximum Gasteiger partial charge on any atom is 0.416 e. The first kappa shape index (κ1) is 18.7. The van der Waals surface area contributed by atoms with Crippen molar-refractivity contribution in [3.8, 4) is 16.9 Å². The van der Waals surface area contributed by atoms with Crippen molar-refractivity contribution >= 4 is 5.78 Å². The standard InChI is InChI=1S/C23H15F3N2O/c24-23(25,26)18-13-11-16(12-14-18)21-20(22(29)17-7-3-1-4-8-17)15-28(27-21)19-9-5-2-6-10-19/h1-15H. The highest BCUT2D eigenvalue weighted by Crippen LogP contribution is 2.32. The topological polar surface area (TPSA) is 34.9 Å². The number of hydrogen-bond acceptors (Lipinski definition) is 2. The summed E-state index contributed by atoms with van der Waals surface area (Å²) in [6.07, 6.45) is -2.82. The number of aromatic nitrogens is 2. The highest BCUT2D eigenvalue weighted by Gasteiger charge is 2.30. The Morgan fingerprint density at radius 3 is 1.97 bits per heavy atom. The zero-order chi connectivity index (χ0) is 20.4. The van der Waals surface area contributed by atoms with Gasteiger partial charge in [0.1, 0.15) is 5.69 Å². The van der Waals surface area contributed by atoms with Crippen LogP contribution in [0.1, 0.15) is 21.5 Å². The maximum absolute atomic E-state index is 13.1. The van der Waals surface area contributed by atoms with Gasteiger partial charge in [-0.05, 0) is 24.3 Å². The van der Waals surface area contributed by atoms with Crippen molar-refractivity contribution in [1.82, 2.24) is 9.78 Å². The van der Waals surface area contributed by atoms with E-state index >= 15 is 0 Å². The predicted molar refractivity (Wildman–Crippen MR) is 104 cm³/mol. The highest BCUT2D eigenvalue weighted by atomic mass is 19.4. The Kier molecular flexibility index (Phi) is 4.76. The van der Waals surface area contributed by atoms with Crippen LogP contribution < -0.4 is 0 Å². The van der Waals surface area contributed by atoms with Crippen molar-refractivity contribution in [2.75, 3.05) is 0 Å².